The van der Waals surface area contributed by atoms with Crippen molar-refractivity contribution in [3.05, 3.63) is 65.2 Å². The van der Waals surface area contributed by atoms with Gasteiger partial charge < -0.3 is 14.2 Å². The Morgan fingerprint density at radius 1 is 0.711 bits per heavy atom. The standard InChI is InChI=1S/C34H47NO3/c1-36-20-21-38-19-18-35-23-24-10-9-16-29-28(31-22-32(29)27-14-6-5-13-26(27)31)12-4-3-11-25(24)34(35)30-15-7-8-17-33(30)37-2/h5-8,13-15,17,24-25,28-29,31-32,34H,3-4,9-12,16,18-23H2,1-2H3. The Balaban J connectivity index is 1.20. The third kappa shape index (κ3) is 5.05. The lowest BCUT2D eigenvalue weighted by Gasteiger charge is -2.33. The molecular formula is C34H47NO3. The highest BCUT2D eigenvalue weighted by Gasteiger charge is 2.50. The van der Waals surface area contributed by atoms with Crippen LogP contribution in [0.1, 0.15) is 85.9 Å². The highest BCUT2D eigenvalue weighted by Crippen LogP contribution is 2.62. The molecule has 38 heavy (non-hydrogen) atoms. The van der Waals surface area contributed by atoms with Crippen molar-refractivity contribution in [2.24, 2.45) is 23.7 Å². The molecule has 7 atom stereocenters. The van der Waals surface area contributed by atoms with E-state index in [0.29, 0.717) is 25.2 Å². The first kappa shape index (κ1) is 26.3. The Labute approximate surface area is 230 Å². The molecule has 3 aliphatic carbocycles. The van der Waals surface area contributed by atoms with Gasteiger partial charge in [-0.05, 0) is 84.8 Å². The van der Waals surface area contributed by atoms with Crippen LogP contribution >= 0.6 is 0 Å². The minimum absolute atomic E-state index is 0.419. The van der Waals surface area contributed by atoms with Gasteiger partial charge >= 0.3 is 0 Å². The second-order valence-corrected chi connectivity index (χ2v) is 12.3. The molecule has 4 heteroatoms. The number of hydrogen-bond acceptors (Lipinski definition) is 4. The van der Waals surface area contributed by atoms with E-state index in [4.69, 9.17) is 14.2 Å². The first-order chi connectivity index (χ1) is 18.8. The van der Waals surface area contributed by atoms with E-state index in [1.165, 1.54) is 63.5 Å². The fourth-order valence-corrected chi connectivity index (χ4v) is 9.10. The van der Waals surface area contributed by atoms with Crippen LogP contribution in [0.5, 0.6) is 5.75 Å². The van der Waals surface area contributed by atoms with Gasteiger partial charge in [-0.2, -0.15) is 0 Å². The normalized spacial score (nSPS) is 32.8. The Bertz CT molecular complexity index is 1060. The summed E-state index contributed by atoms with van der Waals surface area (Å²) in [7, 11) is 3.56. The van der Waals surface area contributed by atoms with Gasteiger partial charge in [-0.1, -0.05) is 61.7 Å². The molecule has 1 heterocycles. The van der Waals surface area contributed by atoms with Gasteiger partial charge in [-0.3, -0.25) is 4.90 Å². The van der Waals surface area contributed by atoms with Crippen molar-refractivity contribution in [1.82, 2.24) is 4.90 Å². The Morgan fingerprint density at radius 2 is 1.37 bits per heavy atom. The lowest BCUT2D eigenvalue weighted by molar-refractivity contribution is 0.0529. The molecule has 1 aliphatic heterocycles. The molecule has 6 rings (SSSR count). The van der Waals surface area contributed by atoms with Crippen molar-refractivity contribution in [2.45, 2.75) is 69.2 Å². The number of likely N-dealkylation sites (tertiary alicyclic amines) is 1. The number of benzene rings is 2. The summed E-state index contributed by atoms with van der Waals surface area (Å²) in [4.78, 5) is 2.72. The van der Waals surface area contributed by atoms with Crippen LogP contribution < -0.4 is 4.74 Å². The second-order valence-electron chi connectivity index (χ2n) is 12.3. The molecule has 0 amide bonds. The summed E-state index contributed by atoms with van der Waals surface area (Å²) in [6.07, 6.45) is 11.1. The Kier molecular flexibility index (Phi) is 8.39. The van der Waals surface area contributed by atoms with Crippen molar-refractivity contribution in [2.75, 3.05) is 47.1 Å². The average Bonchev–Trinajstić information content (AvgIpc) is 3.61. The molecule has 2 aromatic carbocycles. The van der Waals surface area contributed by atoms with Gasteiger partial charge in [-0.15, -0.1) is 0 Å². The number of ether oxygens (including phenoxy) is 3. The molecule has 2 aromatic rings. The van der Waals surface area contributed by atoms with Gasteiger partial charge in [0, 0.05) is 31.8 Å². The topological polar surface area (TPSA) is 30.9 Å². The zero-order valence-electron chi connectivity index (χ0n) is 23.5. The molecule has 3 fully saturated rings. The van der Waals surface area contributed by atoms with E-state index in [1.54, 1.807) is 18.2 Å². The van der Waals surface area contributed by atoms with E-state index in [2.05, 4.69) is 53.4 Å². The molecule has 4 nitrogen and oxygen atoms in total. The lowest BCUT2D eigenvalue weighted by atomic mass is 9.72. The first-order valence-corrected chi connectivity index (χ1v) is 15.3. The largest absolute Gasteiger partial charge is 0.496 e. The number of fused-ring (bicyclic) bond motifs is 9. The van der Waals surface area contributed by atoms with E-state index in [9.17, 15) is 0 Å². The smallest absolute Gasteiger partial charge is 0.123 e. The SMILES string of the molecule is COCCOCCN1CC2CCCC3C4CC(c5ccccc54)C3CCCCC2C1c1ccccc1OC. The predicted molar refractivity (Wildman–Crippen MR) is 153 cm³/mol. The molecule has 206 valence electrons. The van der Waals surface area contributed by atoms with E-state index in [0.717, 1.165) is 48.5 Å². The minimum Gasteiger partial charge on any atom is -0.496 e. The van der Waals surface area contributed by atoms with Crippen molar-refractivity contribution in [3.8, 4) is 5.75 Å². The van der Waals surface area contributed by atoms with Crippen molar-refractivity contribution < 1.29 is 14.2 Å². The summed E-state index contributed by atoms with van der Waals surface area (Å²) in [5.41, 5.74) is 4.77. The molecule has 0 radical (unpaired) electrons. The average molecular weight is 518 g/mol. The molecule has 0 spiro atoms. The number of methoxy groups -OCH3 is 2. The monoisotopic (exact) mass is 517 g/mol. The van der Waals surface area contributed by atoms with Crippen LogP contribution in [0, 0.1) is 23.7 Å². The van der Waals surface area contributed by atoms with E-state index < -0.39 is 0 Å². The predicted octanol–water partition coefficient (Wildman–Crippen LogP) is 7.21. The maximum absolute atomic E-state index is 5.94. The van der Waals surface area contributed by atoms with Crippen LogP contribution in [0.2, 0.25) is 0 Å². The van der Waals surface area contributed by atoms with Gasteiger partial charge in [0.15, 0.2) is 0 Å². The van der Waals surface area contributed by atoms with E-state index >= 15 is 0 Å². The molecule has 2 saturated carbocycles. The van der Waals surface area contributed by atoms with Crippen LogP contribution in [0.25, 0.3) is 0 Å². The van der Waals surface area contributed by atoms with Crippen LogP contribution in [-0.2, 0) is 9.47 Å². The van der Waals surface area contributed by atoms with Crippen LogP contribution in [0.3, 0.4) is 0 Å². The summed E-state index contributed by atoms with van der Waals surface area (Å²) < 4.78 is 17.0. The summed E-state index contributed by atoms with van der Waals surface area (Å²) in [5, 5.41) is 0. The number of para-hydroxylation sites is 1. The summed E-state index contributed by atoms with van der Waals surface area (Å²) in [6, 6.07) is 18.6. The maximum atomic E-state index is 5.94. The summed E-state index contributed by atoms with van der Waals surface area (Å²) >= 11 is 0. The highest BCUT2D eigenvalue weighted by molar-refractivity contribution is 5.43. The fraction of sp³-hybridized carbons (Fsp3) is 0.647. The third-order valence-electron chi connectivity index (χ3n) is 10.6. The molecule has 0 N–H and O–H groups in total. The molecule has 7 unspecified atom stereocenters. The first-order valence-electron chi connectivity index (χ1n) is 15.3. The molecule has 4 aliphatic rings. The minimum atomic E-state index is 0.419. The molecule has 1 saturated heterocycles. The third-order valence-corrected chi connectivity index (χ3v) is 10.6. The van der Waals surface area contributed by atoms with E-state index in [-0.39, 0.29) is 0 Å². The summed E-state index contributed by atoms with van der Waals surface area (Å²) in [5.74, 6) is 5.96. The van der Waals surface area contributed by atoms with Gasteiger partial charge in [0.25, 0.3) is 0 Å². The number of hydrogen-bond donors (Lipinski definition) is 0. The van der Waals surface area contributed by atoms with Gasteiger partial charge in [0.05, 0.1) is 26.9 Å². The number of rotatable bonds is 8. The van der Waals surface area contributed by atoms with Crippen LogP contribution in [0.4, 0.5) is 0 Å². The van der Waals surface area contributed by atoms with Crippen molar-refractivity contribution in [1.29, 1.82) is 0 Å². The molecule has 0 aromatic heterocycles. The van der Waals surface area contributed by atoms with E-state index in [1.807, 2.05) is 7.11 Å². The fourth-order valence-electron chi connectivity index (χ4n) is 9.10. The zero-order valence-corrected chi connectivity index (χ0v) is 23.5. The summed E-state index contributed by atoms with van der Waals surface area (Å²) in [6.45, 7) is 4.26. The highest BCUT2D eigenvalue weighted by atomic mass is 16.5. The van der Waals surface area contributed by atoms with Crippen molar-refractivity contribution in [3.63, 3.8) is 0 Å². The van der Waals surface area contributed by atoms with Crippen molar-refractivity contribution >= 4 is 0 Å². The maximum Gasteiger partial charge on any atom is 0.123 e. The zero-order chi connectivity index (χ0) is 25.9. The van der Waals surface area contributed by atoms with Gasteiger partial charge in [0.1, 0.15) is 5.75 Å². The van der Waals surface area contributed by atoms with Gasteiger partial charge in [-0.25, -0.2) is 0 Å². The second kappa shape index (κ2) is 12.1. The molecular weight excluding hydrogens is 470 g/mol. The lowest BCUT2D eigenvalue weighted by Crippen LogP contribution is -2.30. The van der Waals surface area contributed by atoms with Crippen LogP contribution in [0.15, 0.2) is 48.5 Å². The quantitative estimate of drug-likeness (QED) is 0.346. The number of nitrogens with zero attached hydrogens (tertiary/aromatic N) is 1. The molecule has 2 bridgehead atoms. The Morgan fingerprint density at radius 3 is 2.08 bits per heavy atom. The van der Waals surface area contributed by atoms with Gasteiger partial charge in [0.2, 0.25) is 0 Å². The van der Waals surface area contributed by atoms with Crippen LogP contribution in [-0.4, -0.2) is 52.0 Å². The Hall–Kier alpha value is -1.88.